The summed E-state index contributed by atoms with van der Waals surface area (Å²) in [6, 6.07) is 4.21. The number of nitrogen functional groups attached to an aromatic ring is 1. The molecule has 0 aromatic heterocycles. The Balaban J connectivity index is 1.97. The van der Waals surface area contributed by atoms with Gasteiger partial charge in [0.05, 0.1) is 6.26 Å². The van der Waals surface area contributed by atoms with Gasteiger partial charge in [-0.15, -0.1) is 0 Å². The second kappa shape index (κ2) is 6.85. The van der Waals surface area contributed by atoms with E-state index in [1.54, 1.807) is 4.31 Å². The Morgan fingerprint density at radius 2 is 1.88 bits per heavy atom. The molecule has 1 heterocycles. The highest BCUT2D eigenvalue weighted by atomic mass is 32.2. The average molecular weight is 379 g/mol. The molecule has 3 N–H and O–H groups in total. The highest BCUT2D eigenvalue weighted by molar-refractivity contribution is 7.88. The van der Waals surface area contributed by atoms with E-state index in [0.29, 0.717) is 31.2 Å². The summed E-state index contributed by atoms with van der Waals surface area (Å²) in [5.74, 6) is 0.543. The van der Waals surface area contributed by atoms with Gasteiger partial charge >= 0.3 is 0 Å². The first-order valence-corrected chi connectivity index (χ1v) is 11.1. The molecule has 0 amide bonds. The summed E-state index contributed by atoms with van der Waals surface area (Å²) in [5.41, 5.74) is 9.36. The summed E-state index contributed by atoms with van der Waals surface area (Å²) < 4.78 is 25.8. The molecular weight excluding hydrogens is 348 g/mol. The Hall–Kier alpha value is -1.60. The van der Waals surface area contributed by atoms with Crippen molar-refractivity contribution in [3.05, 3.63) is 23.3 Å². The maximum absolute atomic E-state index is 12.1. The lowest BCUT2D eigenvalue weighted by molar-refractivity contribution is 0.206. The van der Waals surface area contributed by atoms with Crippen molar-refractivity contribution in [2.24, 2.45) is 0 Å². The third-order valence-electron chi connectivity index (χ3n) is 5.75. The molecule has 6 nitrogen and oxygen atoms in total. The Morgan fingerprint density at radius 3 is 2.42 bits per heavy atom. The summed E-state index contributed by atoms with van der Waals surface area (Å²) in [5, 5.41) is 7.82. The molecule has 1 saturated heterocycles. The molecule has 144 valence electrons. The van der Waals surface area contributed by atoms with Gasteiger partial charge in [0.1, 0.15) is 0 Å². The van der Waals surface area contributed by atoms with Crippen molar-refractivity contribution in [2.75, 3.05) is 36.5 Å². The van der Waals surface area contributed by atoms with Crippen molar-refractivity contribution in [1.29, 1.82) is 5.41 Å². The van der Waals surface area contributed by atoms with Crippen LogP contribution >= 0.6 is 0 Å². The van der Waals surface area contributed by atoms with Crippen LogP contribution in [0.4, 0.5) is 11.4 Å². The van der Waals surface area contributed by atoms with Crippen LogP contribution in [0, 0.1) is 5.41 Å². The van der Waals surface area contributed by atoms with Gasteiger partial charge in [0.15, 0.2) is 0 Å². The molecule has 0 radical (unpaired) electrons. The molecule has 1 aromatic carbocycles. The molecule has 1 aliphatic heterocycles. The van der Waals surface area contributed by atoms with E-state index in [1.807, 2.05) is 19.9 Å². The van der Waals surface area contributed by atoms with E-state index in [0.717, 1.165) is 11.3 Å². The quantitative estimate of drug-likeness (QED) is 0.623. The monoisotopic (exact) mass is 378 g/mol. The van der Waals surface area contributed by atoms with Gasteiger partial charge in [0.2, 0.25) is 10.0 Å². The fraction of sp³-hybridized carbons (Fsp3) is 0.632. The zero-order chi connectivity index (χ0) is 19.1. The van der Waals surface area contributed by atoms with Crippen molar-refractivity contribution in [3.63, 3.8) is 0 Å². The van der Waals surface area contributed by atoms with Crippen molar-refractivity contribution in [3.8, 4) is 0 Å². The molecule has 26 heavy (non-hydrogen) atoms. The predicted octanol–water partition coefficient (Wildman–Crippen LogP) is 2.78. The van der Waals surface area contributed by atoms with Gasteiger partial charge in [-0.25, -0.2) is 8.42 Å². The molecule has 0 bridgehead atoms. The van der Waals surface area contributed by atoms with E-state index in [2.05, 4.69) is 11.0 Å². The summed E-state index contributed by atoms with van der Waals surface area (Å²) in [6.45, 7) is 5.53. The van der Waals surface area contributed by atoms with Crippen molar-refractivity contribution >= 4 is 27.6 Å². The molecule has 0 spiro atoms. The zero-order valence-corrected chi connectivity index (χ0v) is 16.8. The highest BCUT2D eigenvalue weighted by Crippen LogP contribution is 2.39. The molecule has 1 aliphatic carbocycles. The van der Waals surface area contributed by atoms with E-state index in [4.69, 9.17) is 11.1 Å². The molecule has 1 aromatic rings. The number of hydrogen-bond donors (Lipinski definition) is 2. The third kappa shape index (κ3) is 3.60. The Labute approximate surface area is 156 Å². The number of hydrogen-bond acceptors (Lipinski definition) is 5. The third-order valence-corrected chi connectivity index (χ3v) is 7.23. The first-order valence-electron chi connectivity index (χ1n) is 9.30. The number of anilines is 2. The van der Waals surface area contributed by atoms with Crippen molar-refractivity contribution in [1.82, 2.24) is 4.31 Å². The zero-order valence-electron chi connectivity index (χ0n) is 16.0. The van der Waals surface area contributed by atoms with Crippen LogP contribution in [-0.2, 0) is 10.0 Å². The smallest absolute Gasteiger partial charge is 0.211 e. The van der Waals surface area contributed by atoms with Crippen LogP contribution in [0.15, 0.2) is 12.1 Å². The fourth-order valence-electron chi connectivity index (χ4n) is 4.56. The Kier molecular flexibility index (Phi) is 5.05. The number of piperazine rings is 1. The number of rotatable bonds is 4. The van der Waals surface area contributed by atoms with Crippen LogP contribution in [0.3, 0.4) is 0 Å². The lowest BCUT2D eigenvalue weighted by Crippen LogP contribution is -2.61. The first kappa shape index (κ1) is 19.2. The van der Waals surface area contributed by atoms with Crippen molar-refractivity contribution < 1.29 is 8.42 Å². The maximum atomic E-state index is 12.1. The Bertz CT molecular complexity index is 798. The van der Waals surface area contributed by atoms with Crippen LogP contribution in [0.25, 0.3) is 0 Å². The molecular formula is C19H30N4O2S. The van der Waals surface area contributed by atoms with Gasteiger partial charge < -0.3 is 16.0 Å². The van der Waals surface area contributed by atoms with Gasteiger partial charge in [-0.2, -0.15) is 4.31 Å². The second-order valence-electron chi connectivity index (χ2n) is 8.24. The summed E-state index contributed by atoms with van der Waals surface area (Å²) in [7, 11) is -3.25. The van der Waals surface area contributed by atoms with Gasteiger partial charge in [-0.3, -0.25) is 0 Å². The minimum absolute atomic E-state index is 0.441. The van der Waals surface area contributed by atoms with Crippen LogP contribution in [-0.4, -0.2) is 50.4 Å². The topological polar surface area (TPSA) is 90.5 Å². The molecule has 2 fully saturated rings. The first-order chi connectivity index (χ1) is 12.1. The molecule has 1 saturated carbocycles. The molecule has 2 aliphatic rings. The summed E-state index contributed by atoms with van der Waals surface area (Å²) in [6.07, 6.45) is 7.48. The van der Waals surface area contributed by atoms with Crippen LogP contribution in [0.2, 0.25) is 0 Å². The molecule has 3 rings (SSSR count). The minimum Gasteiger partial charge on any atom is -0.398 e. The van der Waals surface area contributed by atoms with Gasteiger partial charge in [-0.1, -0.05) is 12.8 Å². The number of nitrogens with zero attached hydrogens (tertiary/aromatic N) is 2. The number of benzene rings is 1. The van der Waals surface area contributed by atoms with Crippen LogP contribution < -0.4 is 10.6 Å². The lowest BCUT2D eigenvalue weighted by atomic mass is 9.93. The van der Waals surface area contributed by atoms with E-state index < -0.39 is 15.6 Å². The summed E-state index contributed by atoms with van der Waals surface area (Å²) >= 11 is 0. The van der Waals surface area contributed by atoms with Crippen LogP contribution in [0.5, 0.6) is 0 Å². The lowest BCUT2D eigenvalue weighted by Gasteiger charge is -2.46. The molecule has 7 heteroatoms. The largest absolute Gasteiger partial charge is 0.398 e. The van der Waals surface area contributed by atoms with Crippen molar-refractivity contribution in [2.45, 2.75) is 51.0 Å². The van der Waals surface area contributed by atoms with Gasteiger partial charge in [-0.05, 0) is 50.3 Å². The maximum Gasteiger partial charge on any atom is 0.211 e. The molecule has 0 unspecified atom stereocenters. The van der Waals surface area contributed by atoms with E-state index >= 15 is 0 Å². The van der Waals surface area contributed by atoms with E-state index in [-0.39, 0.29) is 0 Å². The number of nitrogens with one attached hydrogen (secondary N) is 1. The highest BCUT2D eigenvalue weighted by Gasteiger charge is 2.39. The van der Waals surface area contributed by atoms with E-state index in [1.165, 1.54) is 43.7 Å². The second-order valence-corrected chi connectivity index (χ2v) is 10.1. The average Bonchev–Trinajstić information content (AvgIpc) is 3.06. The fourth-order valence-corrected chi connectivity index (χ4v) is 5.92. The van der Waals surface area contributed by atoms with E-state index in [9.17, 15) is 8.42 Å². The van der Waals surface area contributed by atoms with Crippen LogP contribution in [0.1, 0.15) is 56.6 Å². The summed E-state index contributed by atoms with van der Waals surface area (Å²) in [4.78, 5) is 2.19. The minimum atomic E-state index is -3.25. The van der Waals surface area contributed by atoms with Gasteiger partial charge in [0.25, 0.3) is 0 Å². The Morgan fingerprint density at radius 1 is 1.23 bits per heavy atom. The van der Waals surface area contributed by atoms with Gasteiger partial charge in [0, 0.05) is 48.3 Å². The molecule has 0 atom stereocenters. The normalized spacial score (nSPS) is 21.9. The number of nitrogens with two attached hydrogens (primary N) is 1. The predicted molar refractivity (Wildman–Crippen MR) is 108 cm³/mol. The SMILES string of the molecule is CC1(C)CN(c2cc(C3CCCC3)cc(N)c2C=N)CCN1S(C)(=O)=O. The standard InChI is InChI=1S/C19H30N4O2S/c1-19(2)13-22(8-9-23(19)26(3,24)25)18-11-15(14-6-4-5-7-14)10-17(21)16(18)12-20/h10-12,14,20H,4-9,13,21H2,1-3H3. The number of sulfonamides is 1.